The van der Waals surface area contributed by atoms with Crippen molar-refractivity contribution in [1.29, 1.82) is 0 Å². The summed E-state index contributed by atoms with van der Waals surface area (Å²) < 4.78 is 17.0. The zero-order valence-electron chi connectivity index (χ0n) is 31.6. The molecular weight excluding hydrogens is 618 g/mol. The molecule has 0 saturated heterocycles. The molecule has 0 saturated carbocycles. The number of hydrogen-bond acceptors (Lipinski definition) is 7. The van der Waals surface area contributed by atoms with E-state index in [1.165, 1.54) is 25.7 Å². The fourth-order valence-electron chi connectivity index (χ4n) is 5.01. The van der Waals surface area contributed by atoms with Crippen molar-refractivity contribution < 1.29 is 38.2 Å². The molecule has 0 aromatic heterocycles. The quantitative estimate of drug-likeness (QED) is 0.0305. The second-order valence-electron chi connectivity index (χ2n) is 13.4. The number of aliphatic carboxylic acids is 1. The smallest absolute Gasteiger partial charge is 0.306 e. The van der Waals surface area contributed by atoms with Crippen LogP contribution in [0.4, 0.5) is 0 Å². The number of nitrogens with zero attached hydrogens (tertiary/aromatic N) is 1. The van der Waals surface area contributed by atoms with Gasteiger partial charge in [-0.1, -0.05) is 107 Å². The van der Waals surface area contributed by atoms with E-state index in [1.54, 1.807) is 21.1 Å². The number of rotatable bonds is 32. The molecule has 280 valence electrons. The van der Waals surface area contributed by atoms with Gasteiger partial charge < -0.3 is 28.6 Å². The number of likely N-dealkylation sites (N-methyl/N-ethyl adjacent to an activating group) is 1. The minimum atomic E-state index is -1.14. The van der Waals surface area contributed by atoms with Crippen molar-refractivity contribution in [1.82, 2.24) is 0 Å². The Morgan fingerprint density at radius 3 is 1.65 bits per heavy atom. The Kier molecular flexibility index (Phi) is 30.3. The third-order valence-corrected chi connectivity index (χ3v) is 7.90. The van der Waals surface area contributed by atoms with E-state index in [1.807, 2.05) is 0 Å². The number of carboxylic acid groups (broad SMARTS) is 1. The first-order valence-electron chi connectivity index (χ1n) is 18.8. The maximum Gasteiger partial charge on any atom is 0.306 e. The highest BCUT2D eigenvalue weighted by Gasteiger charge is 2.25. The van der Waals surface area contributed by atoms with Crippen molar-refractivity contribution in [3.05, 3.63) is 60.8 Å². The van der Waals surface area contributed by atoms with Crippen LogP contribution in [0.3, 0.4) is 0 Å². The Morgan fingerprint density at radius 2 is 1.10 bits per heavy atom. The Hall–Kier alpha value is -2.97. The zero-order chi connectivity index (χ0) is 36.4. The lowest BCUT2D eigenvalue weighted by molar-refractivity contribution is -0.889. The first-order chi connectivity index (χ1) is 23.6. The van der Waals surface area contributed by atoms with Gasteiger partial charge >= 0.3 is 11.9 Å². The largest absolute Gasteiger partial charge is 0.544 e. The van der Waals surface area contributed by atoms with Crippen molar-refractivity contribution in [2.75, 3.05) is 41.0 Å². The lowest BCUT2D eigenvalue weighted by atomic mass is 10.1. The maximum atomic E-state index is 12.6. The van der Waals surface area contributed by atoms with E-state index >= 15 is 0 Å². The molecule has 8 nitrogen and oxygen atoms in total. The van der Waals surface area contributed by atoms with Gasteiger partial charge in [0.25, 0.3) is 0 Å². The minimum absolute atomic E-state index is 0.0152. The Labute approximate surface area is 298 Å². The molecule has 0 aliphatic heterocycles. The average Bonchev–Trinajstić information content (AvgIpc) is 3.05. The number of carboxylic acids is 1. The first kappa shape index (κ1) is 46.0. The summed E-state index contributed by atoms with van der Waals surface area (Å²) >= 11 is 0. The van der Waals surface area contributed by atoms with Crippen molar-refractivity contribution >= 4 is 17.9 Å². The van der Waals surface area contributed by atoms with Crippen LogP contribution in [-0.2, 0) is 28.6 Å². The fourth-order valence-corrected chi connectivity index (χ4v) is 5.01. The standard InChI is InChI=1S/C41H69NO7/c1-6-8-10-12-14-16-18-19-20-22-23-25-27-29-31-39(43)48-36-37(35-47-34-33-38(41(45)46)42(3,4)5)49-40(44)32-30-28-26-24-21-17-15-13-11-9-7-2/h8-11,14-17,24,26,37-38H,6-7,12-13,18-23,25,27-36H2,1-5H3/b10-8+,11-9+,16-14+,17-15+,26-24+. The molecule has 0 amide bonds. The van der Waals surface area contributed by atoms with E-state index in [2.05, 4.69) is 74.6 Å². The van der Waals surface area contributed by atoms with Gasteiger partial charge in [0.1, 0.15) is 12.6 Å². The number of hydrogen-bond donors (Lipinski definition) is 0. The third kappa shape index (κ3) is 30.8. The zero-order valence-corrected chi connectivity index (χ0v) is 31.6. The SMILES string of the molecule is CC/C=C/C/C=C/C/C=C/CCCC(=O)OC(COCCC(C(=O)[O-])[N+](C)(C)C)COC(=O)CCCCCCCCC/C=C/C/C=C/CC. The molecule has 0 aromatic carbocycles. The first-order valence-corrected chi connectivity index (χ1v) is 18.8. The summed E-state index contributed by atoms with van der Waals surface area (Å²) in [6, 6.07) is -0.736. The molecular formula is C41H69NO7. The molecule has 0 heterocycles. The molecule has 0 aliphatic carbocycles. The monoisotopic (exact) mass is 688 g/mol. The summed E-state index contributed by atoms with van der Waals surface area (Å²) in [6.07, 6.45) is 36.9. The van der Waals surface area contributed by atoms with Crippen LogP contribution in [0.25, 0.3) is 0 Å². The molecule has 0 fully saturated rings. The highest BCUT2D eigenvalue weighted by Crippen LogP contribution is 2.12. The molecule has 0 aromatic rings. The number of allylic oxidation sites excluding steroid dienone is 10. The maximum absolute atomic E-state index is 12.6. The number of quaternary nitrogens is 1. The van der Waals surface area contributed by atoms with Crippen molar-refractivity contribution in [3.8, 4) is 0 Å². The number of ether oxygens (including phenoxy) is 3. The van der Waals surface area contributed by atoms with Gasteiger partial charge in [-0.25, -0.2) is 0 Å². The summed E-state index contributed by atoms with van der Waals surface area (Å²) in [5.74, 6) is -1.83. The van der Waals surface area contributed by atoms with Crippen LogP contribution in [-0.4, -0.2) is 75.5 Å². The number of esters is 2. The lowest BCUT2D eigenvalue weighted by Crippen LogP contribution is -2.55. The van der Waals surface area contributed by atoms with Crippen LogP contribution in [0.15, 0.2) is 60.8 Å². The van der Waals surface area contributed by atoms with Gasteiger partial charge in [-0.3, -0.25) is 9.59 Å². The van der Waals surface area contributed by atoms with Gasteiger partial charge in [0.2, 0.25) is 0 Å². The second kappa shape index (κ2) is 32.2. The van der Waals surface area contributed by atoms with Crippen LogP contribution >= 0.6 is 0 Å². The summed E-state index contributed by atoms with van der Waals surface area (Å²) in [4.78, 5) is 36.6. The highest BCUT2D eigenvalue weighted by atomic mass is 16.6. The molecule has 0 rings (SSSR count). The molecule has 2 atom stereocenters. The predicted octanol–water partition coefficient (Wildman–Crippen LogP) is 8.13. The molecule has 0 aliphatic rings. The van der Waals surface area contributed by atoms with Crippen LogP contribution in [0.5, 0.6) is 0 Å². The van der Waals surface area contributed by atoms with Gasteiger partial charge in [-0.2, -0.15) is 0 Å². The summed E-state index contributed by atoms with van der Waals surface area (Å²) in [7, 11) is 5.37. The van der Waals surface area contributed by atoms with Gasteiger partial charge in [-0.15, -0.1) is 0 Å². The Morgan fingerprint density at radius 1 is 0.612 bits per heavy atom. The van der Waals surface area contributed by atoms with Gasteiger partial charge in [-0.05, 0) is 64.2 Å². The van der Waals surface area contributed by atoms with Crippen LogP contribution in [0, 0.1) is 0 Å². The number of carbonyl (C=O) groups excluding carboxylic acids is 3. The Bertz CT molecular complexity index is 990. The fraction of sp³-hybridized carbons (Fsp3) is 0.683. The van der Waals surface area contributed by atoms with Crippen molar-refractivity contribution in [3.63, 3.8) is 0 Å². The molecule has 8 heteroatoms. The van der Waals surface area contributed by atoms with Crippen molar-refractivity contribution in [2.24, 2.45) is 0 Å². The second-order valence-corrected chi connectivity index (χ2v) is 13.4. The van der Waals surface area contributed by atoms with E-state index in [0.29, 0.717) is 12.8 Å². The topological polar surface area (TPSA) is 102 Å². The van der Waals surface area contributed by atoms with Crippen LogP contribution < -0.4 is 5.11 Å². The van der Waals surface area contributed by atoms with E-state index in [0.717, 1.165) is 64.2 Å². The minimum Gasteiger partial charge on any atom is -0.544 e. The van der Waals surface area contributed by atoms with E-state index < -0.39 is 18.1 Å². The average molecular weight is 688 g/mol. The molecule has 49 heavy (non-hydrogen) atoms. The summed E-state index contributed by atoms with van der Waals surface area (Å²) in [5.41, 5.74) is 0. The van der Waals surface area contributed by atoms with E-state index in [4.69, 9.17) is 14.2 Å². The molecule has 0 bridgehead atoms. The third-order valence-electron chi connectivity index (χ3n) is 7.90. The predicted molar refractivity (Wildman–Crippen MR) is 199 cm³/mol. The van der Waals surface area contributed by atoms with E-state index in [9.17, 15) is 19.5 Å². The lowest BCUT2D eigenvalue weighted by Gasteiger charge is -2.34. The van der Waals surface area contributed by atoms with Crippen LogP contribution in [0.2, 0.25) is 0 Å². The number of carbonyl (C=O) groups is 3. The molecule has 0 N–H and O–H groups in total. The summed E-state index contributed by atoms with van der Waals surface area (Å²) in [5, 5.41) is 11.6. The van der Waals surface area contributed by atoms with Gasteiger partial charge in [0, 0.05) is 19.3 Å². The summed E-state index contributed by atoms with van der Waals surface area (Å²) in [6.45, 7) is 4.34. The number of unbranched alkanes of at least 4 members (excludes halogenated alkanes) is 8. The van der Waals surface area contributed by atoms with Crippen LogP contribution in [0.1, 0.15) is 129 Å². The normalized spacial score (nSPS) is 13.7. The van der Waals surface area contributed by atoms with Gasteiger partial charge in [0.05, 0.1) is 40.3 Å². The Balaban J connectivity index is 4.50. The van der Waals surface area contributed by atoms with Crippen molar-refractivity contribution in [2.45, 2.75) is 142 Å². The molecule has 2 unspecified atom stereocenters. The van der Waals surface area contributed by atoms with Gasteiger partial charge in [0.15, 0.2) is 6.10 Å². The molecule has 0 spiro atoms. The van der Waals surface area contributed by atoms with E-state index in [-0.39, 0.29) is 49.1 Å². The molecule has 0 radical (unpaired) electrons. The highest BCUT2D eigenvalue weighted by molar-refractivity contribution is 5.70.